The van der Waals surface area contributed by atoms with E-state index in [4.69, 9.17) is 27.9 Å². The Bertz CT molecular complexity index is 1690. The lowest BCUT2D eigenvalue weighted by Gasteiger charge is -2.34. The topological polar surface area (TPSA) is 96.0 Å². The molecule has 8 nitrogen and oxygen atoms in total. The molecule has 0 aliphatic rings. The van der Waals surface area contributed by atoms with E-state index in [1.54, 1.807) is 48.5 Å². The van der Waals surface area contributed by atoms with Gasteiger partial charge in [-0.2, -0.15) is 0 Å². The summed E-state index contributed by atoms with van der Waals surface area (Å²) in [5, 5.41) is 3.70. The van der Waals surface area contributed by atoms with Gasteiger partial charge in [-0.05, 0) is 60.0 Å². The number of halogens is 2. The summed E-state index contributed by atoms with van der Waals surface area (Å²) in [5.41, 5.74) is 1.64. The smallest absolute Gasteiger partial charge is 0.264 e. The number of hydrogen-bond acceptors (Lipinski definition) is 5. The van der Waals surface area contributed by atoms with Gasteiger partial charge in [0.1, 0.15) is 18.3 Å². The highest BCUT2D eigenvalue weighted by molar-refractivity contribution is 7.92. The molecule has 2 amide bonds. The summed E-state index contributed by atoms with van der Waals surface area (Å²) in [6, 6.07) is 27.7. The first kappa shape index (κ1) is 33.8. The SMILES string of the molecule is CCCNC(=O)[C@H](Cc1ccccc1)N(Cc1ccc(Cl)cc1)C(=O)CN(c1cc(Cl)ccc1OC)S(=O)(=O)c1ccccc1. The van der Waals surface area contributed by atoms with Gasteiger partial charge in [-0.1, -0.05) is 90.8 Å². The molecule has 0 spiro atoms. The number of sulfonamides is 1. The van der Waals surface area contributed by atoms with Crippen molar-refractivity contribution in [3.63, 3.8) is 0 Å². The fourth-order valence-electron chi connectivity index (χ4n) is 4.80. The van der Waals surface area contributed by atoms with Crippen LogP contribution in [0, 0.1) is 0 Å². The fraction of sp³-hybridized carbons (Fsp3) is 0.235. The molecule has 1 atom stereocenters. The molecule has 4 aromatic carbocycles. The molecule has 0 unspecified atom stereocenters. The maximum Gasteiger partial charge on any atom is 0.264 e. The predicted molar refractivity (Wildman–Crippen MR) is 178 cm³/mol. The number of amides is 2. The Morgan fingerprint density at radius 1 is 0.844 bits per heavy atom. The monoisotopic (exact) mass is 667 g/mol. The van der Waals surface area contributed by atoms with Crippen molar-refractivity contribution in [2.24, 2.45) is 0 Å². The Hall–Kier alpha value is -4.05. The minimum atomic E-state index is -4.30. The fourth-order valence-corrected chi connectivity index (χ4v) is 6.53. The van der Waals surface area contributed by atoms with Gasteiger partial charge >= 0.3 is 0 Å². The van der Waals surface area contributed by atoms with Crippen LogP contribution in [-0.4, -0.2) is 51.4 Å². The van der Waals surface area contributed by atoms with Crippen LogP contribution in [0.3, 0.4) is 0 Å². The van der Waals surface area contributed by atoms with Gasteiger partial charge in [-0.15, -0.1) is 0 Å². The van der Waals surface area contributed by atoms with E-state index >= 15 is 0 Å². The normalized spacial score (nSPS) is 11.8. The highest BCUT2D eigenvalue weighted by Crippen LogP contribution is 2.35. The molecule has 236 valence electrons. The van der Waals surface area contributed by atoms with Crippen LogP contribution in [0.4, 0.5) is 5.69 Å². The molecule has 11 heteroatoms. The van der Waals surface area contributed by atoms with Crippen molar-refractivity contribution in [1.82, 2.24) is 10.2 Å². The van der Waals surface area contributed by atoms with E-state index in [0.29, 0.717) is 23.6 Å². The summed E-state index contributed by atoms with van der Waals surface area (Å²) in [7, 11) is -2.89. The van der Waals surface area contributed by atoms with E-state index in [1.807, 2.05) is 37.3 Å². The van der Waals surface area contributed by atoms with Crippen molar-refractivity contribution in [3.05, 3.63) is 124 Å². The van der Waals surface area contributed by atoms with Crippen LogP contribution in [0.15, 0.2) is 108 Å². The Morgan fingerprint density at radius 2 is 1.47 bits per heavy atom. The van der Waals surface area contributed by atoms with Crippen LogP contribution in [0.5, 0.6) is 5.75 Å². The van der Waals surface area contributed by atoms with Crippen LogP contribution in [0.25, 0.3) is 0 Å². The van der Waals surface area contributed by atoms with E-state index in [2.05, 4.69) is 5.32 Å². The van der Waals surface area contributed by atoms with Gasteiger partial charge < -0.3 is 15.0 Å². The first-order valence-electron chi connectivity index (χ1n) is 14.4. The Balaban J connectivity index is 1.83. The number of nitrogens with one attached hydrogen (secondary N) is 1. The molecule has 0 aliphatic carbocycles. The second-order valence-corrected chi connectivity index (χ2v) is 13.0. The molecule has 1 N–H and O–H groups in total. The molecule has 0 fully saturated rings. The van der Waals surface area contributed by atoms with Gasteiger partial charge in [0, 0.05) is 29.6 Å². The zero-order valence-electron chi connectivity index (χ0n) is 25.0. The highest BCUT2D eigenvalue weighted by atomic mass is 35.5. The quantitative estimate of drug-likeness (QED) is 0.169. The number of rotatable bonds is 14. The van der Waals surface area contributed by atoms with E-state index in [-0.39, 0.29) is 40.2 Å². The van der Waals surface area contributed by atoms with Crippen molar-refractivity contribution in [3.8, 4) is 5.75 Å². The van der Waals surface area contributed by atoms with Gasteiger partial charge in [0.05, 0.1) is 17.7 Å². The summed E-state index contributed by atoms with van der Waals surface area (Å²) in [4.78, 5) is 29.6. The molecule has 0 bridgehead atoms. The number of carbonyl (C=O) groups excluding carboxylic acids is 2. The molecule has 0 saturated carbocycles. The Kier molecular flexibility index (Phi) is 11.9. The number of methoxy groups -OCH3 is 1. The van der Waals surface area contributed by atoms with Gasteiger partial charge in [-0.3, -0.25) is 13.9 Å². The van der Waals surface area contributed by atoms with E-state index in [0.717, 1.165) is 9.87 Å². The van der Waals surface area contributed by atoms with Gasteiger partial charge in [0.15, 0.2) is 0 Å². The van der Waals surface area contributed by atoms with E-state index in [9.17, 15) is 18.0 Å². The molecule has 4 aromatic rings. The van der Waals surface area contributed by atoms with Crippen molar-refractivity contribution in [2.75, 3.05) is 24.5 Å². The van der Waals surface area contributed by atoms with Crippen LogP contribution < -0.4 is 14.4 Å². The van der Waals surface area contributed by atoms with Gasteiger partial charge in [0.25, 0.3) is 10.0 Å². The second kappa shape index (κ2) is 15.8. The zero-order valence-corrected chi connectivity index (χ0v) is 27.4. The molecular formula is C34H35Cl2N3O5S. The minimum absolute atomic E-state index is 0.0226. The van der Waals surface area contributed by atoms with Crippen molar-refractivity contribution in [1.29, 1.82) is 0 Å². The third-order valence-corrected chi connectivity index (χ3v) is 9.37. The first-order valence-corrected chi connectivity index (χ1v) is 16.6. The average molecular weight is 669 g/mol. The lowest BCUT2D eigenvalue weighted by atomic mass is 10.0. The lowest BCUT2D eigenvalue weighted by molar-refractivity contribution is -0.140. The van der Waals surface area contributed by atoms with Gasteiger partial charge in [-0.25, -0.2) is 8.42 Å². The molecule has 0 radical (unpaired) electrons. The Labute approximate surface area is 274 Å². The number of nitrogens with zero attached hydrogens (tertiary/aromatic N) is 2. The number of hydrogen-bond donors (Lipinski definition) is 1. The molecule has 0 saturated heterocycles. The number of anilines is 1. The summed E-state index contributed by atoms with van der Waals surface area (Å²) < 4.78 is 34.8. The van der Waals surface area contributed by atoms with E-state index in [1.165, 1.54) is 36.3 Å². The third kappa shape index (κ3) is 8.78. The summed E-state index contributed by atoms with van der Waals surface area (Å²) >= 11 is 12.5. The van der Waals surface area contributed by atoms with Crippen molar-refractivity contribution < 1.29 is 22.7 Å². The minimum Gasteiger partial charge on any atom is -0.495 e. The first-order chi connectivity index (χ1) is 21.6. The largest absolute Gasteiger partial charge is 0.495 e. The third-order valence-electron chi connectivity index (χ3n) is 7.11. The molecule has 0 aromatic heterocycles. The lowest BCUT2D eigenvalue weighted by Crippen LogP contribution is -2.53. The summed E-state index contributed by atoms with van der Waals surface area (Å²) in [5.74, 6) is -0.739. The molecular weight excluding hydrogens is 633 g/mol. The highest BCUT2D eigenvalue weighted by Gasteiger charge is 2.35. The molecule has 0 aliphatic heterocycles. The molecule has 0 heterocycles. The van der Waals surface area contributed by atoms with Crippen LogP contribution in [-0.2, 0) is 32.6 Å². The zero-order chi connectivity index (χ0) is 32.4. The number of ether oxygens (including phenoxy) is 1. The van der Waals surface area contributed by atoms with Crippen molar-refractivity contribution in [2.45, 2.75) is 37.2 Å². The average Bonchev–Trinajstić information content (AvgIpc) is 3.05. The molecule has 45 heavy (non-hydrogen) atoms. The number of benzene rings is 4. The second-order valence-electron chi connectivity index (χ2n) is 10.3. The van der Waals surface area contributed by atoms with Gasteiger partial charge in [0.2, 0.25) is 11.8 Å². The molecule has 4 rings (SSSR count). The Morgan fingerprint density at radius 3 is 2.09 bits per heavy atom. The van der Waals surface area contributed by atoms with Crippen LogP contribution in [0.2, 0.25) is 10.0 Å². The summed E-state index contributed by atoms with van der Waals surface area (Å²) in [6.07, 6.45) is 0.911. The summed E-state index contributed by atoms with van der Waals surface area (Å²) in [6.45, 7) is 1.75. The van der Waals surface area contributed by atoms with Crippen molar-refractivity contribution >= 4 is 50.7 Å². The maximum absolute atomic E-state index is 14.5. The standard InChI is InChI=1S/C34H35Cl2N3O5S/c1-3-20-37-34(41)31(21-25-10-6-4-7-11-25)38(23-26-14-16-27(35)17-15-26)33(40)24-39(30-22-28(36)18-19-32(30)44-2)45(42,43)29-12-8-5-9-13-29/h4-19,22,31H,3,20-21,23-24H2,1-2H3,(H,37,41)/t31-/m0/s1. The maximum atomic E-state index is 14.5. The van der Waals surface area contributed by atoms with E-state index < -0.39 is 28.5 Å². The van der Waals surface area contributed by atoms with Crippen LogP contribution in [0.1, 0.15) is 24.5 Å². The van der Waals surface area contributed by atoms with Crippen LogP contribution >= 0.6 is 23.2 Å². The predicted octanol–water partition coefficient (Wildman–Crippen LogP) is 6.36. The number of carbonyl (C=O) groups is 2.